The quantitative estimate of drug-likeness (QED) is 0.860. The third-order valence-electron chi connectivity index (χ3n) is 5.24. The third-order valence-corrected chi connectivity index (χ3v) is 6.03. The van der Waals surface area contributed by atoms with Crippen molar-refractivity contribution in [3.8, 4) is 0 Å². The summed E-state index contributed by atoms with van der Waals surface area (Å²) >= 11 is 1.58. The molecule has 3 aliphatic rings. The molecule has 0 N–H and O–H groups in total. The van der Waals surface area contributed by atoms with Gasteiger partial charge in [-0.3, -0.25) is 0 Å². The van der Waals surface area contributed by atoms with E-state index in [0.717, 1.165) is 48.6 Å². The Morgan fingerprint density at radius 2 is 1.78 bits per heavy atom. The Balaban J connectivity index is 1.27. The van der Waals surface area contributed by atoms with Crippen LogP contribution in [0.4, 0.5) is 10.9 Å². The summed E-state index contributed by atoms with van der Waals surface area (Å²) in [5, 5.41) is 1.13. The van der Waals surface area contributed by atoms with Crippen LogP contribution < -0.4 is 9.80 Å². The average molecular weight is 328 g/mol. The minimum absolute atomic E-state index is 0.651. The molecule has 23 heavy (non-hydrogen) atoms. The highest BCUT2D eigenvalue weighted by Gasteiger charge is 2.41. The summed E-state index contributed by atoms with van der Waals surface area (Å²) in [6.07, 6.45) is 4.22. The van der Waals surface area contributed by atoms with Crippen LogP contribution in [0.1, 0.15) is 30.3 Å². The molecule has 7 heteroatoms. The molecule has 0 radical (unpaired) electrons. The molecule has 3 fully saturated rings. The number of aromatic nitrogens is 4. The molecule has 6 nitrogen and oxygen atoms in total. The second kappa shape index (κ2) is 5.12. The smallest absolute Gasteiger partial charge is 0.205 e. The summed E-state index contributed by atoms with van der Waals surface area (Å²) in [6.45, 7) is 6.41. The fourth-order valence-corrected chi connectivity index (χ4v) is 4.58. The number of hydrogen-bond donors (Lipinski definition) is 0. The molecule has 1 saturated carbocycles. The number of hydrogen-bond acceptors (Lipinski definition) is 7. The predicted molar refractivity (Wildman–Crippen MR) is 90.1 cm³/mol. The normalized spacial score (nSPS) is 26.8. The maximum atomic E-state index is 4.77. The van der Waals surface area contributed by atoms with Crippen LogP contribution in [0.5, 0.6) is 0 Å². The molecule has 0 amide bonds. The van der Waals surface area contributed by atoms with Crippen LogP contribution >= 0.6 is 11.5 Å². The van der Waals surface area contributed by atoms with E-state index in [2.05, 4.69) is 30.2 Å². The number of nitrogens with zero attached hydrogens (tertiary/aromatic N) is 6. The van der Waals surface area contributed by atoms with Gasteiger partial charge in [-0.1, -0.05) is 0 Å². The van der Waals surface area contributed by atoms with Crippen molar-refractivity contribution in [2.24, 2.45) is 11.8 Å². The molecule has 0 spiro atoms. The van der Waals surface area contributed by atoms with Gasteiger partial charge in [0.1, 0.15) is 18.0 Å². The highest BCUT2D eigenvalue weighted by molar-refractivity contribution is 7.09. The van der Waals surface area contributed by atoms with Crippen LogP contribution in [-0.2, 0) is 0 Å². The van der Waals surface area contributed by atoms with Crippen LogP contribution in [0.3, 0.4) is 0 Å². The Labute approximate surface area is 139 Å². The second-order valence-electron chi connectivity index (χ2n) is 7.06. The monoisotopic (exact) mass is 328 g/mol. The molecule has 4 heterocycles. The van der Waals surface area contributed by atoms with E-state index in [1.165, 1.54) is 12.8 Å². The third kappa shape index (κ3) is 2.47. The molecule has 2 saturated heterocycles. The van der Waals surface area contributed by atoms with Crippen LogP contribution in [0.25, 0.3) is 0 Å². The largest absolute Gasteiger partial charge is 0.356 e. The van der Waals surface area contributed by atoms with Crippen molar-refractivity contribution in [3.05, 3.63) is 23.9 Å². The molecule has 5 rings (SSSR count). The molecule has 120 valence electrons. The first-order valence-corrected chi connectivity index (χ1v) is 9.16. The summed E-state index contributed by atoms with van der Waals surface area (Å²) in [5.74, 6) is 4.22. The molecule has 2 aromatic rings. The van der Waals surface area contributed by atoms with E-state index in [4.69, 9.17) is 4.98 Å². The Hall–Kier alpha value is -1.76. The van der Waals surface area contributed by atoms with Gasteiger partial charge in [0, 0.05) is 67.2 Å². The topological polar surface area (TPSA) is 58.0 Å². The molecular formula is C16H20N6S. The van der Waals surface area contributed by atoms with Gasteiger partial charge in [0.25, 0.3) is 0 Å². The van der Waals surface area contributed by atoms with Gasteiger partial charge in [-0.25, -0.2) is 15.0 Å². The Kier molecular flexibility index (Phi) is 3.04. The van der Waals surface area contributed by atoms with E-state index in [0.29, 0.717) is 17.8 Å². The predicted octanol–water partition coefficient (Wildman–Crippen LogP) is 2.09. The lowest BCUT2D eigenvalue weighted by Gasteiger charge is -2.21. The molecule has 2 aliphatic heterocycles. The summed E-state index contributed by atoms with van der Waals surface area (Å²) in [7, 11) is 0. The first-order valence-electron chi connectivity index (χ1n) is 8.38. The fourth-order valence-electron chi connectivity index (χ4n) is 3.81. The van der Waals surface area contributed by atoms with Gasteiger partial charge in [0.05, 0.1) is 0 Å². The zero-order valence-corrected chi connectivity index (χ0v) is 14.0. The van der Waals surface area contributed by atoms with Crippen LogP contribution in [-0.4, -0.2) is 45.5 Å². The maximum absolute atomic E-state index is 4.77. The van der Waals surface area contributed by atoms with Gasteiger partial charge in [-0.15, -0.1) is 0 Å². The van der Waals surface area contributed by atoms with Gasteiger partial charge >= 0.3 is 0 Å². The average Bonchev–Trinajstić information content (AvgIpc) is 2.96. The van der Waals surface area contributed by atoms with Crippen LogP contribution in [0, 0.1) is 18.8 Å². The first kappa shape index (κ1) is 13.7. The van der Waals surface area contributed by atoms with Crippen molar-refractivity contribution in [3.63, 3.8) is 0 Å². The zero-order valence-electron chi connectivity index (χ0n) is 13.2. The number of anilines is 2. The van der Waals surface area contributed by atoms with Crippen molar-refractivity contribution in [2.75, 3.05) is 36.0 Å². The lowest BCUT2D eigenvalue weighted by Crippen LogP contribution is -2.29. The molecule has 2 unspecified atom stereocenters. The minimum Gasteiger partial charge on any atom is -0.356 e. The molecular weight excluding hydrogens is 308 g/mol. The number of aryl methyl sites for hydroxylation is 1. The SMILES string of the molecule is Cc1cc(N2CC3CN(c4nc(C5CC5)ns4)CC3C2)ncn1. The zero-order chi connectivity index (χ0) is 15.4. The van der Waals surface area contributed by atoms with Gasteiger partial charge in [0.2, 0.25) is 5.13 Å². The minimum atomic E-state index is 0.651. The Morgan fingerprint density at radius 1 is 1.04 bits per heavy atom. The van der Waals surface area contributed by atoms with Crippen molar-refractivity contribution in [1.82, 2.24) is 19.3 Å². The summed E-state index contributed by atoms with van der Waals surface area (Å²) in [4.78, 5) is 18.3. The van der Waals surface area contributed by atoms with Crippen molar-refractivity contribution in [2.45, 2.75) is 25.7 Å². The van der Waals surface area contributed by atoms with Crippen molar-refractivity contribution >= 4 is 22.5 Å². The van der Waals surface area contributed by atoms with E-state index >= 15 is 0 Å². The summed E-state index contributed by atoms with van der Waals surface area (Å²) < 4.78 is 4.55. The van der Waals surface area contributed by atoms with Crippen LogP contribution in [0.2, 0.25) is 0 Å². The molecule has 1 aliphatic carbocycles. The maximum Gasteiger partial charge on any atom is 0.205 e. The van der Waals surface area contributed by atoms with E-state index in [1.807, 2.05) is 6.92 Å². The summed E-state index contributed by atoms with van der Waals surface area (Å²) in [6, 6.07) is 2.09. The van der Waals surface area contributed by atoms with E-state index < -0.39 is 0 Å². The van der Waals surface area contributed by atoms with E-state index in [1.54, 1.807) is 17.9 Å². The molecule has 0 bridgehead atoms. The molecule has 2 atom stereocenters. The standard InChI is InChI=1S/C16H20N6S/c1-10-4-14(18-9-17-10)21-5-12-7-22(8-13(12)6-21)16-19-15(20-23-16)11-2-3-11/h4,9,11-13H,2-3,5-8H2,1H3. The fraction of sp³-hybridized carbons (Fsp3) is 0.625. The highest BCUT2D eigenvalue weighted by Crippen LogP contribution is 2.41. The number of fused-ring (bicyclic) bond motifs is 1. The van der Waals surface area contributed by atoms with Gasteiger partial charge in [-0.2, -0.15) is 4.37 Å². The van der Waals surface area contributed by atoms with Gasteiger partial charge in [-0.05, 0) is 19.8 Å². The lowest BCUT2D eigenvalue weighted by molar-refractivity contribution is 0.533. The highest BCUT2D eigenvalue weighted by atomic mass is 32.1. The van der Waals surface area contributed by atoms with E-state index in [-0.39, 0.29) is 0 Å². The number of rotatable bonds is 3. The Morgan fingerprint density at radius 3 is 2.48 bits per heavy atom. The Bertz CT molecular complexity index is 713. The lowest BCUT2D eigenvalue weighted by atomic mass is 10.0. The van der Waals surface area contributed by atoms with Gasteiger partial charge < -0.3 is 9.80 Å². The van der Waals surface area contributed by atoms with Gasteiger partial charge in [0.15, 0.2) is 0 Å². The van der Waals surface area contributed by atoms with E-state index in [9.17, 15) is 0 Å². The second-order valence-corrected chi connectivity index (χ2v) is 7.79. The van der Waals surface area contributed by atoms with Crippen molar-refractivity contribution < 1.29 is 0 Å². The summed E-state index contributed by atoms with van der Waals surface area (Å²) in [5.41, 5.74) is 1.04. The molecule has 0 aromatic carbocycles. The van der Waals surface area contributed by atoms with Crippen LogP contribution in [0.15, 0.2) is 12.4 Å². The van der Waals surface area contributed by atoms with Crippen molar-refractivity contribution in [1.29, 1.82) is 0 Å². The molecule has 2 aromatic heterocycles. The first-order chi connectivity index (χ1) is 11.3.